The summed E-state index contributed by atoms with van der Waals surface area (Å²) < 4.78 is 0.815. The van der Waals surface area contributed by atoms with Crippen LogP contribution in [0.3, 0.4) is 0 Å². The molecule has 0 aromatic heterocycles. The lowest BCUT2D eigenvalue weighted by atomic mass is 10.2. The molecular weight excluding hydrogens is 241 g/mol. The zero-order chi connectivity index (χ0) is 8.97. The van der Waals surface area contributed by atoms with Crippen molar-refractivity contribution in [1.82, 2.24) is 0 Å². The van der Waals surface area contributed by atoms with Gasteiger partial charge in [0.25, 0.3) is 0 Å². The van der Waals surface area contributed by atoms with Crippen molar-refractivity contribution in [3.8, 4) is 0 Å². The van der Waals surface area contributed by atoms with E-state index in [2.05, 4.69) is 26.0 Å². The average Bonchev–Trinajstić information content (AvgIpc) is 2.08. The predicted molar refractivity (Wildman–Crippen MR) is 52.0 cm³/mol. The first-order valence-corrected chi connectivity index (χ1v) is 4.36. The van der Waals surface area contributed by atoms with Crippen molar-refractivity contribution in [2.45, 2.75) is 6.54 Å². The molecule has 0 spiro atoms. The quantitative estimate of drug-likeness (QED) is 0.431. The monoisotopic (exact) mass is 245 g/mol. The summed E-state index contributed by atoms with van der Waals surface area (Å²) in [5.41, 5.74) is 8.91. The van der Waals surface area contributed by atoms with Gasteiger partial charge < -0.3 is 0 Å². The van der Waals surface area contributed by atoms with E-state index in [0.717, 1.165) is 10.0 Å². The highest BCUT2D eigenvalue weighted by atomic mass is 79.9. The number of benzene rings is 1. The largest absolute Gasteiger partial charge is 0.0892 e. The Hall–Kier alpha value is -0.700. The Balaban J connectivity index is 2.99. The van der Waals surface area contributed by atoms with Crippen molar-refractivity contribution in [2.75, 3.05) is 0 Å². The molecule has 0 amide bonds. The third-order valence-electron chi connectivity index (χ3n) is 1.34. The fourth-order valence-corrected chi connectivity index (χ4v) is 1.37. The van der Waals surface area contributed by atoms with Gasteiger partial charge in [-0.05, 0) is 33.1 Å². The van der Waals surface area contributed by atoms with Crippen LogP contribution < -0.4 is 0 Å². The van der Waals surface area contributed by atoms with Gasteiger partial charge in [0.1, 0.15) is 0 Å². The molecule has 1 aromatic rings. The maximum Gasteiger partial charge on any atom is 0.0581 e. The summed E-state index contributed by atoms with van der Waals surface area (Å²) in [4.78, 5) is 2.65. The highest BCUT2D eigenvalue weighted by molar-refractivity contribution is 9.10. The summed E-state index contributed by atoms with van der Waals surface area (Å²) in [6.45, 7) is 0.286. The standard InChI is InChI=1S/C7H5BrClN3/c8-6-3-1-2-5(7(6)9)4-11-12-10/h1-3H,4H2. The van der Waals surface area contributed by atoms with E-state index in [1.54, 1.807) is 0 Å². The molecule has 62 valence electrons. The molecule has 5 heteroatoms. The van der Waals surface area contributed by atoms with E-state index in [0.29, 0.717) is 5.02 Å². The zero-order valence-electron chi connectivity index (χ0n) is 6.04. The summed E-state index contributed by atoms with van der Waals surface area (Å²) in [5, 5.41) is 4.02. The molecule has 0 saturated heterocycles. The maximum absolute atomic E-state index is 8.09. The van der Waals surface area contributed by atoms with Crippen LogP contribution >= 0.6 is 27.5 Å². The average molecular weight is 246 g/mol. The van der Waals surface area contributed by atoms with E-state index in [4.69, 9.17) is 17.1 Å². The van der Waals surface area contributed by atoms with Gasteiger partial charge in [0, 0.05) is 9.38 Å². The van der Waals surface area contributed by atoms with E-state index in [1.165, 1.54) is 0 Å². The summed E-state index contributed by atoms with van der Waals surface area (Å²) in [5.74, 6) is 0. The zero-order valence-corrected chi connectivity index (χ0v) is 8.38. The van der Waals surface area contributed by atoms with E-state index in [-0.39, 0.29) is 6.54 Å². The Kier molecular flexibility index (Phi) is 3.41. The second kappa shape index (κ2) is 4.36. The van der Waals surface area contributed by atoms with Crippen LogP contribution in [-0.2, 0) is 6.54 Å². The van der Waals surface area contributed by atoms with Crippen molar-refractivity contribution in [3.05, 3.63) is 43.7 Å². The number of hydrogen-bond acceptors (Lipinski definition) is 1. The summed E-state index contributed by atoms with van der Waals surface area (Å²) in [6.07, 6.45) is 0. The van der Waals surface area contributed by atoms with Crippen molar-refractivity contribution in [3.63, 3.8) is 0 Å². The maximum atomic E-state index is 8.09. The van der Waals surface area contributed by atoms with Gasteiger partial charge in [-0.15, -0.1) is 0 Å². The number of nitrogens with zero attached hydrogens (tertiary/aromatic N) is 3. The topological polar surface area (TPSA) is 48.8 Å². The molecule has 0 saturated carbocycles. The van der Waals surface area contributed by atoms with E-state index in [9.17, 15) is 0 Å². The predicted octanol–water partition coefficient (Wildman–Crippen LogP) is 3.91. The lowest BCUT2D eigenvalue weighted by Gasteiger charge is -2.00. The van der Waals surface area contributed by atoms with Crippen LogP contribution in [0.4, 0.5) is 0 Å². The van der Waals surface area contributed by atoms with Gasteiger partial charge in [-0.25, -0.2) is 0 Å². The molecule has 3 nitrogen and oxygen atoms in total. The first-order valence-electron chi connectivity index (χ1n) is 3.19. The SMILES string of the molecule is [N-]=[N+]=NCc1cccc(Br)c1Cl. The number of azide groups is 1. The molecule has 1 rings (SSSR count). The van der Waals surface area contributed by atoms with E-state index in [1.807, 2.05) is 18.2 Å². The van der Waals surface area contributed by atoms with Crippen LogP contribution in [0, 0.1) is 0 Å². The Labute approximate surface area is 83.1 Å². The van der Waals surface area contributed by atoms with Crippen LogP contribution in [-0.4, -0.2) is 0 Å². The molecule has 0 aliphatic rings. The fraction of sp³-hybridized carbons (Fsp3) is 0.143. The minimum absolute atomic E-state index is 0.286. The van der Waals surface area contributed by atoms with Gasteiger partial charge in [-0.1, -0.05) is 28.8 Å². The number of halogens is 2. The molecule has 0 radical (unpaired) electrons. The van der Waals surface area contributed by atoms with Gasteiger partial charge in [0.2, 0.25) is 0 Å². The molecule has 0 aliphatic heterocycles. The van der Waals surface area contributed by atoms with Crippen molar-refractivity contribution in [1.29, 1.82) is 0 Å². The van der Waals surface area contributed by atoms with Crippen molar-refractivity contribution < 1.29 is 0 Å². The minimum Gasteiger partial charge on any atom is -0.0892 e. The lowest BCUT2D eigenvalue weighted by molar-refractivity contribution is 1.05. The van der Waals surface area contributed by atoms with Crippen LogP contribution in [0.25, 0.3) is 10.4 Å². The van der Waals surface area contributed by atoms with Crippen LogP contribution in [0.5, 0.6) is 0 Å². The highest BCUT2D eigenvalue weighted by Gasteiger charge is 2.01. The molecule has 0 unspecified atom stereocenters. The molecule has 0 N–H and O–H groups in total. The molecule has 1 aromatic carbocycles. The number of hydrogen-bond donors (Lipinski definition) is 0. The highest BCUT2D eigenvalue weighted by Crippen LogP contribution is 2.26. The number of rotatable bonds is 2. The summed E-state index contributed by atoms with van der Waals surface area (Å²) >= 11 is 9.17. The molecule has 0 bridgehead atoms. The normalized spacial score (nSPS) is 9.17. The molecule has 0 atom stereocenters. The van der Waals surface area contributed by atoms with Crippen LogP contribution in [0.15, 0.2) is 27.8 Å². The second-order valence-corrected chi connectivity index (χ2v) is 3.33. The first-order chi connectivity index (χ1) is 5.75. The summed E-state index contributed by atoms with van der Waals surface area (Å²) in [6, 6.07) is 5.50. The minimum atomic E-state index is 0.286. The molecule has 12 heavy (non-hydrogen) atoms. The Morgan fingerprint density at radius 3 is 3.00 bits per heavy atom. The first kappa shape index (κ1) is 9.39. The van der Waals surface area contributed by atoms with E-state index >= 15 is 0 Å². The van der Waals surface area contributed by atoms with Gasteiger partial charge in [-0.2, -0.15) is 0 Å². The third-order valence-corrected chi connectivity index (χ3v) is 2.67. The van der Waals surface area contributed by atoms with Gasteiger partial charge in [0.15, 0.2) is 0 Å². The molecule has 0 aliphatic carbocycles. The van der Waals surface area contributed by atoms with Crippen molar-refractivity contribution >= 4 is 27.5 Å². The summed E-state index contributed by atoms with van der Waals surface area (Å²) in [7, 11) is 0. The lowest BCUT2D eigenvalue weighted by Crippen LogP contribution is -1.82. The van der Waals surface area contributed by atoms with Gasteiger partial charge >= 0.3 is 0 Å². The van der Waals surface area contributed by atoms with Gasteiger partial charge in [0.05, 0.1) is 11.6 Å². The Morgan fingerprint density at radius 1 is 1.58 bits per heavy atom. The third kappa shape index (κ3) is 2.14. The molecule has 0 fully saturated rings. The van der Waals surface area contributed by atoms with Crippen LogP contribution in [0.2, 0.25) is 5.02 Å². The molecule has 0 heterocycles. The van der Waals surface area contributed by atoms with Crippen LogP contribution in [0.1, 0.15) is 5.56 Å². The second-order valence-electron chi connectivity index (χ2n) is 2.10. The Morgan fingerprint density at radius 2 is 2.33 bits per heavy atom. The smallest absolute Gasteiger partial charge is 0.0581 e. The Bertz CT molecular complexity index is 333. The van der Waals surface area contributed by atoms with Gasteiger partial charge in [-0.3, -0.25) is 0 Å². The fourth-order valence-electron chi connectivity index (χ4n) is 0.778. The van der Waals surface area contributed by atoms with E-state index < -0.39 is 0 Å². The van der Waals surface area contributed by atoms with Crippen molar-refractivity contribution in [2.24, 2.45) is 5.11 Å². The molecular formula is C7H5BrClN3.